The number of hydrogen-bond donors (Lipinski definition) is 3. The van der Waals surface area contributed by atoms with Gasteiger partial charge in [-0.25, -0.2) is 9.37 Å². The number of amides is 2. The summed E-state index contributed by atoms with van der Waals surface area (Å²) in [6.45, 7) is 1.84. The first-order valence-corrected chi connectivity index (χ1v) is 8.09. The fourth-order valence-electron chi connectivity index (χ4n) is 2.53. The van der Waals surface area contributed by atoms with Crippen molar-refractivity contribution in [3.8, 4) is 0 Å². The van der Waals surface area contributed by atoms with E-state index in [9.17, 15) is 14.0 Å². The molecule has 124 valence electrons. The number of carbonyl (C=O) groups excluding carboxylic acids is 2. The highest BCUT2D eigenvalue weighted by Gasteiger charge is 2.14. The van der Waals surface area contributed by atoms with Crippen LogP contribution in [0.4, 0.5) is 9.52 Å². The van der Waals surface area contributed by atoms with Crippen molar-refractivity contribution in [2.45, 2.75) is 19.8 Å². The van der Waals surface area contributed by atoms with Gasteiger partial charge in [0.05, 0.1) is 18.5 Å². The van der Waals surface area contributed by atoms with E-state index in [0.29, 0.717) is 16.2 Å². The summed E-state index contributed by atoms with van der Waals surface area (Å²) >= 11 is 1.22. The standard InChI is InChI=1S/C16H15FN4O2S/c1-8-11(12-4-9(17)2-3-13(12)19-8)6-15(23)21-16-20-10(7-24-16)5-14(18)22/h2-4,7,19H,5-6H2,1H3,(H2,18,22)(H,20,21,23). The summed E-state index contributed by atoms with van der Waals surface area (Å²) in [5, 5.41) is 5.46. The molecule has 3 aromatic rings. The summed E-state index contributed by atoms with van der Waals surface area (Å²) in [6.07, 6.45) is 0.132. The van der Waals surface area contributed by atoms with Crippen molar-refractivity contribution in [2.24, 2.45) is 5.73 Å². The molecule has 24 heavy (non-hydrogen) atoms. The average Bonchev–Trinajstić information content (AvgIpc) is 3.04. The van der Waals surface area contributed by atoms with Gasteiger partial charge in [-0.2, -0.15) is 0 Å². The number of nitrogens with one attached hydrogen (secondary N) is 2. The molecule has 0 aliphatic rings. The van der Waals surface area contributed by atoms with Crippen molar-refractivity contribution in [3.63, 3.8) is 0 Å². The summed E-state index contributed by atoms with van der Waals surface area (Å²) in [6, 6.07) is 4.43. The lowest BCUT2D eigenvalue weighted by atomic mass is 10.1. The number of halogens is 1. The Labute approximate surface area is 140 Å². The van der Waals surface area contributed by atoms with Crippen LogP contribution >= 0.6 is 11.3 Å². The molecule has 0 bridgehead atoms. The van der Waals surface area contributed by atoms with E-state index in [-0.39, 0.29) is 24.6 Å². The number of H-pyrrole nitrogens is 1. The van der Waals surface area contributed by atoms with E-state index in [1.807, 2.05) is 6.92 Å². The number of hydrogen-bond acceptors (Lipinski definition) is 4. The fourth-order valence-corrected chi connectivity index (χ4v) is 3.26. The van der Waals surface area contributed by atoms with Crippen molar-refractivity contribution in [3.05, 3.63) is 46.3 Å². The van der Waals surface area contributed by atoms with Crippen molar-refractivity contribution < 1.29 is 14.0 Å². The predicted molar refractivity (Wildman–Crippen MR) is 90.3 cm³/mol. The second-order valence-electron chi connectivity index (χ2n) is 5.43. The Morgan fingerprint density at radius 1 is 1.38 bits per heavy atom. The number of nitrogens with two attached hydrogens (primary N) is 1. The van der Waals surface area contributed by atoms with E-state index in [2.05, 4.69) is 15.3 Å². The molecule has 0 aliphatic heterocycles. The second kappa shape index (κ2) is 6.40. The lowest BCUT2D eigenvalue weighted by molar-refractivity contribution is -0.117. The lowest BCUT2D eigenvalue weighted by Crippen LogP contribution is -2.16. The Balaban J connectivity index is 1.75. The molecule has 0 fully saturated rings. The maximum Gasteiger partial charge on any atom is 0.230 e. The smallest absolute Gasteiger partial charge is 0.230 e. The van der Waals surface area contributed by atoms with Crippen LogP contribution in [0.15, 0.2) is 23.6 Å². The molecule has 2 amide bonds. The number of thiazole rings is 1. The van der Waals surface area contributed by atoms with E-state index >= 15 is 0 Å². The predicted octanol–water partition coefficient (Wildman–Crippen LogP) is 2.28. The molecule has 0 atom stereocenters. The Morgan fingerprint density at radius 3 is 2.92 bits per heavy atom. The highest BCUT2D eigenvalue weighted by Crippen LogP contribution is 2.24. The first-order valence-electron chi connectivity index (χ1n) is 7.21. The first kappa shape index (κ1) is 16.1. The Morgan fingerprint density at radius 2 is 2.17 bits per heavy atom. The molecule has 6 nitrogen and oxygen atoms in total. The highest BCUT2D eigenvalue weighted by molar-refractivity contribution is 7.13. The summed E-state index contributed by atoms with van der Waals surface area (Å²) in [5.41, 5.74) is 7.98. The number of rotatable bonds is 5. The molecule has 0 saturated heterocycles. The summed E-state index contributed by atoms with van der Waals surface area (Å²) in [4.78, 5) is 30.4. The molecule has 1 aromatic carbocycles. The number of benzene rings is 1. The minimum atomic E-state index is -0.477. The van der Waals surface area contributed by atoms with Gasteiger partial charge in [0.15, 0.2) is 5.13 Å². The highest BCUT2D eigenvalue weighted by atomic mass is 32.1. The van der Waals surface area contributed by atoms with Crippen LogP contribution in [0.2, 0.25) is 0 Å². The molecule has 2 aromatic heterocycles. The Bertz CT molecular complexity index is 931. The van der Waals surface area contributed by atoms with Gasteiger partial charge in [-0.15, -0.1) is 11.3 Å². The van der Waals surface area contributed by atoms with Gasteiger partial charge in [-0.1, -0.05) is 0 Å². The first-order chi connectivity index (χ1) is 11.4. The molecular formula is C16H15FN4O2S. The van der Waals surface area contributed by atoms with E-state index in [0.717, 1.165) is 16.8 Å². The zero-order valence-corrected chi connectivity index (χ0v) is 13.7. The van der Waals surface area contributed by atoms with Crippen LogP contribution < -0.4 is 11.1 Å². The largest absolute Gasteiger partial charge is 0.369 e. The van der Waals surface area contributed by atoms with Gasteiger partial charge in [0, 0.05) is 22.0 Å². The molecule has 0 unspecified atom stereocenters. The van der Waals surface area contributed by atoms with Gasteiger partial charge in [0.1, 0.15) is 5.82 Å². The molecule has 0 saturated carbocycles. The zero-order chi connectivity index (χ0) is 17.3. The molecular weight excluding hydrogens is 331 g/mol. The van der Waals surface area contributed by atoms with Crippen molar-refractivity contribution >= 4 is 39.2 Å². The van der Waals surface area contributed by atoms with E-state index in [1.165, 1.54) is 23.5 Å². The Hall–Kier alpha value is -2.74. The summed E-state index contributed by atoms with van der Waals surface area (Å²) < 4.78 is 13.5. The molecule has 3 rings (SSSR count). The number of aromatic amines is 1. The molecule has 0 spiro atoms. The van der Waals surface area contributed by atoms with Gasteiger partial charge >= 0.3 is 0 Å². The number of fused-ring (bicyclic) bond motifs is 1. The molecule has 0 aliphatic carbocycles. The normalized spacial score (nSPS) is 10.9. The number of aromatic nitrogens is 2. The summed E-state index contributed by atoms with van der Waals surface area (Å²) in [5.74, 6) is -1.09. The van der Waals surface area contributed by atoms with Crippen LogP contribution in [-0.2, 0) is 22.4 Å². The number of aryl methyl sites for hydroxylation is 1. The van der Waals surface area contributed by atoms with Crippen molar-refractivity contribution in [1.29, 1.82) is 0 Å². The van der Waals surface area contributed by atoms with E-state index in [1.54, 1.807) is 11.4 Å². The van der Waals surface area contributed by atoms with Crippen LogP contribution in [0.25, 0.3) is 10.9 Å². The average molecular weight is 346 g/mol. The third kappa shape index (κ3) is 3.43. The van der Waals surface area contributed by atoms with Crippen LogP contribution in [0.3, 0.4) is 0 Å². The topological polar surface area (TPSA) is 101 Å². The monoisotopic (exact) mass is 346 g/mol. The molecule has 2 heterocycles. The van der Waals surface area contributed by atoms with Gasteiger partial charge in [0.25, 0.3) is 0 Å². The Kier molecular flexibility index (Phi) is 4.30. The van der Waals surface area contributed by atoms with Crippen molar-refractivity contribution in [1.82, 2.24) is 9.97 Å². The van der Waals surface area contributed by atoms with Gasteiger partial charge in [-0.05, 0) is 30.7 Å². The second-order valence-corrected chi connectivity index (χ2v) is 6.29. The van der Waals surface area contributed by atoms with Crippen molar-refractivity contribution in [2.75, 3.05) is 5.32 Å². The van der Waals surface area contributed by atoms with Crippen LogP contribution in [0.5, 0.6) is 0 Å². The quantitative estimate of drug-likeness (QED) is 0.660. The van der Waals surface area contributed by atoms with Gasteiger partial charge in [-0.3, -0.25) is 9.59 Å². The maximum atomic E-state index is 13.5. The van der Waals surface area contributed by atoms with Crippen LogP contribution in [0, 0.1) is 12.7 Å². The lowest BCUT2D eigenvalue weighted by Gasteiger charge is -2.03. The number of nitrogens with zero attached hydrogens (tertiary/aromatic N) is 1. The zero-order valence-electron chi connectivity index (χ0n) is 12.9. The van der Waals surface area contributed by atoms with Gasteiger partial charge in [0.2, 0.25) is 11.8 Å². The fraction of sp³-hybridized carbons (Fsp3) is 0.188. The molecule has 4 N–H and O–H groups in total. The number of anilines is 1. The maximum absolute atomic E-state index is 13.5. The SMILES string of the molecule is Cc1[nH]c2ccc(F)cc2c1CC(=O)Nc1nc(CC(N)=O)cs1. The number of carbonyl (C=O) groups is 2. The third-order valence-electron chi connectivity index (χ3n) is 3.57. The number of primary amides is 1. The van der Waals surface area contributed by atoms with Crippen LogP contribution in [0.1, 0.15) is 17.0 Å². The van der Waals surface area contributed by atoms with Crippen LogP contribution in [-0.4, -0.2) is 21.8 Å². The van der Waals surface area contributed by atoms with E-state index in [4.69, 9.17) is 5.73 Å². The molecule has 0 radical (unpaired) electrons. The summed E-state index contributed by atoms with van der Waals surface area (Å²) in [7, 11) is 0. The minimum Gasteiger partial charge on any atom is -0.369 e. The minimum absolute atomic E-state index is 0.0349. The third-order valence-corrected chi connectivity index (χ3v) is 4.38. The van der Waals surface area contributed by atoms with Gasteiger partial charge < -0.3 is 16.0 Å². The van der Waals surface area contributed by atoms with E-state index < -0.39 is 5.91 Å². The molecule has 8 heteroatoms.